The molecule has 0 bridgehead atoms. The molecular weight excluding hydrogens is 204 g/mol. The molecular formula is C17H18. The van der Waals surface area contributed by atoms with Crippen molar-refractivity contribution >= 4 is 0 Å². The van der Waals surface area contributed by atoms with Crippen molar-refractivity contribution in [2.45, 2.75) is 32.6 Å². The Hall–Kier alpha value is -1.74. The Bertz CT molecular complexity index is 489. The van der Waals surface area contributed by atoms with Crippen LogP contribution in [0.2, 0.25) is 0 Å². The lowest BCUT2D eigenvalue weighted by atomic mass is 9.90. The molecule has 1 aromatic carbocycles. The van der Waals surface area contributed by atoms with E-state index in [1.807, 2.05) is 6.08 Å². The summed E-state index contributed by atoms with van der Waals surface area (Å²) in [5.41, 5.74) is 4.97. The van der Waals surface area contributed by atoms with Gasteiger partial charge in [-0.05, 0) is 56.4 Å². The molecule has 0 amide bonds. The zero-order valence-electron chi connectivity index (χ0n) is 10.4. The molecule has 1 saturated carbocycles. The first-order chi connectivity index (χ1) is 8.25. The van der Waals surface area contributed by atoms with E-state index < -0.39 is 0 Å². The van der Waals surface area contributed by atoms with Gasteiger partial charge in [-0.15, -0.1) is 0 Å². The fourth-order valence-corrected chi connectivity index (χ4v) is 2.01. The van der Waals surface area contributed by atoms with Gasteiger partial charge in [0.25, 0.3) is 0 Å². The molecule has 0 N–H and O–H groups in total. The number of allylic oxidation sites excluding steroid dienone is 3. The molecule has 17 heavy (non-hydrogen) atoms. The van der Waals surface area contributed by atoms with E-state index in [4.69, 9.17) is 0 Å². The Kier molecular flexibility index (Phi) is 3.83. The molecule has 0 radical (unpaired) electrons. The van der Waals surface area contributed by atoms with E-state index in [9.17, 15) is 0 Å². The summed E-state index contributed by atoms with van der Waals surface area (Å²) in [5.74, 6) is 6.32. The van der Waals surface area contributed by atoms with Crippen LogP contribution in [-0.2, 0) is 0 Å². The van der Waals surface area contributed by atoms with Crippen LogP contribution >= 0.6 is 0 Å². The molecule has 0 unspecified atom stereocenters. The minimum Gasteiger partial charge on any atom is -0.0955 e. The van der Waals surface area contributed by atoms with Gasteiger partial charge in [-0.3, -0.25) is 0 Å². The van der Waals surface area contributed by atoms with Crippen LogP contribution in [0.4, 0.5) is 0 Å². The van der Waals surface area contributed by atoms with Crippen molar-refractivity contribution in [3.8, 4) is 11.8 Å². The van der Waals surface area contributed by atoms with Crippen LogP contribution in [0, 0.1) is 18.8 Å². The van der Waals surface area contributed by atoms with Gasteiger partial charge in [0, 0.05) is 5.56 Å². The summed E-state index contributed by atoms with van der Waals surface area (Å²) in [6.45, 7) is 6.19. The standard InChI is InChI=1S/C17H18/c1-14-10-12-16(13-11-14)7-5-9-17-8-4-3-6-15(17)2/h9-13H,2-4,6,8H2,1H3/b17-9-. The summed E-state index contributed by atoms with van der Waals surface area (Å²) in [6.07, 6.45) is 6.87. The molecule has 1 aliphatic carbocycles. The van der Waals surface area contributed by atoms with Crippen LogP contribution in [0.25, 0.3) is 0 Å². The zero-order valence-corrected chi connectivity index (χ0v) is 10.4. The monoisotopic (exact) mass is 222 g/mol. The SMILES string of the molecule is C=C1CCCC/C1=C/C#Cc1ccc(C)cc1. The fourth-order valence-electron chi connectivity index (χ4n) is 2.01. The van der Waals surface area contributed by atoms with Crippen molar-refractivity contribution in [3.63, 3.8) is 0 Å². The lowest BCUT2D eigenvalue weighted by Gasteiger charge is -2.15. The Balaban J connectivity index is 2.09. The second-order valence-corrected chi connectivity index (χ2v) is 4.62. The summed E-state index contributed by atoms with van der Waals surface area (Å²) in [4.78, 5) is 0. The van der Waals surface area contributed by atoms with Gasteiger partial charge in [-0.2, -0.15) is 0 Å². The molecule has 2 rings (SSSR count). The number of hydrogen-bond acceptors (Lipinski definition) is 0. The van der Waals surface area contributed by atoms with Gasteiger partial charge in [0.15, 0.2) is 0 Å². The van der Waals surface area contributed by atoms with E-state index in [1.165, 1.54) is 29.6 Å². The molecule has 0 atom stereocenters. The second kappa shape index (κ2) is 5.55. The molecule has 0 aromatic heterocycles. The third kappa shape index (κ3) is 3.36. The molecule has 86 valence electrons. The summed E-state index contributed by atoms with van der Waals surface area (Å²) in [5, 5.41) is 0. The quantitative estimate of drug-likeness (QED) is 0.571. The first-order valence-corrected chi connectivity index (χ1v) is 6.21. The Morgan fingerprint density at radius 2 is 1.82 bits per heavy atom. The van der Waals surface area contributed by atoms with Crippen molar-refractivity contribution in [1.29, 1.82) is 0 Å². The lowest BCUT2D eigenvalue weighted by Crippen LogP contribution is -1.96. The number of aryl methyl sites for hydroxylation is 1. The predicted octanol–water partition coefficient (Wildman–Crippen LogP) is 4.40. The highest BCUT2D eigenvalue weighted by Crippen LogP contribution is 2.26. The third-order valence-corrected chi connectivity index (χ3v) is 3.14. The van der Waals surface area contributed by atoms with Crippen LogP contribution in [0.15, 0.2) is 48.1 Å². The van der Waals surface area contributed by atoms with Gasteiger partial charge < -0.3 is 0 Å². The molecule has 0 heteroatoms. The molecule has 0 saturated heterocycles. The normalized spacial score (nSPS) is 17.7. The number of hydrogen-bond donors (Lipinski definition) is 0. The molecule has 0 heterocycles. The molecule has 0 aliphatic heterocycles. The summed E-state index contributed by atoms with van der Waals surface area (Å²) in [7, 11) is 0. The molecule has 0 spiro atoms. The van der Waals surface area contributed by atoms with Gasteiger partial charge in [-0.1, -0.05) is 41.7 Å². The van der Waals surface area contributed by atoms with E-state index in [2.05, 4.69) is 49.6 Å². The second-order valence-electron chi connectivity index (χ2n) is 4.62. The molecule has 0 nitrogen and oxygen atoms in total. The van der Waals surface area contributed by atoms with Crippen molar-refractivity contribution in [3.05, 3.63) is 59.2 Å². The maximum Gasteiger partial charge on any atom is 0.0249 e. The number of benzene rings is 1. The topological polar surface area (TPSA) is 0 Å². The van der Waals surface area contributed by atoms with E-state index in [0.29, 0.717) is 0 Å². The first-order valence-electron chi connectivity index (χ1n) is 6.21. The summed E-state index contributed by atoms with van der Waals surface area (Å²) in [6, 6.07) is 8.32. The van der Waals surface area contributed by atoms with Gasteiger partial charge in [0.2, 0.25) is 0 Å². The lowest BCUT2D eigenvalue weighted by molar-refractivity contribution is 0.681. The molecule has 1 fully saturated rings. The third-order valence-electron chi connectivity index (χ3n) is 3.14. The Morgan fingerprint density at radius 1 is 1.12 bits per heavy atom. The van der Waals surface area contributed by atoms with E-state index >= 15 is 0 Å². The van der Waals surface area contributed by atoms with Crippen molar-refractivity contribution < 1.29 is 0 Å². The van der Waals surface area contributed by atoms with Gasteiger partial charge >= 0.3 is 0 Å². The molecule has 1 aliphatic rings. The zero-order chi connectivity index (χ0) is 12.1. The van der Waals surface area contributed by atoms with E-state index in [1.54, 1.807) is 0 Å². The van der Waals surface area contributed by atoms with E-state index in [-0.39, 0.29) is 0 Å². The number of rotatable bonds is 0. The largest absolute Gasteiger partial charge is 0.0955 e. The highest BCUT2D eigenvalue weighted by atomic mass is 14.1. The maximum absolute atomic E-state index is 4.10. The maximum atomic E-state index is 4.10. The van der Waals surface area contributed by atoms with Crippen LogP contribution < -0.4 is 0 Å². The van der Waals surface area contributed by atoms with Gasteiger partial charge in [0.05, 0.1) is 0 Å². The fraction of sp³-hybridized carbons (Fsp3) is 0.294. The summed E-state index contributed by atoms with van der Waals surface area (Å²) >= 11 is 0. The van der Waals surface area contributed by atoms with Crippen molar-refractivity contribution in [2.75, 3.05) is 0 Å². The van der Waals surface area contributed by atoms with Crippen molar-refractivity contribution in [1.82, 2.24) is 0 Å². The minimum absolute atomic E-state index is 1.08. The van der Waals surface area contributed by atoms with Gasteiger partial charge in [0.1, 0.15) is 0 Å². The van der Waals surface area contributed by atoms with E-state index in [0.717, 1.165) is 18.4 Å². The first kappa shape index (κ1) is 11.7. The van der Waals surface area contributed by atoms with Crippen LogP contribution in [0.3, 0.4) is 0 Å². The Labute approximate surface area is 104 Å². The highest BCUT2D eigenvalue weighted by Gasteiger charge is 2.07. The van der Waals surface area contributed by atoms with Crippen LogP contribution in [0.5, 0.6) is 0 Å². The Morgan fingerprint density at radius 3 is 2.53 bits per heavy atom. The summed E-state index contributed by atoms with van der Waals surface area (Å²) < 4.78 is 0. The minimum atomic E-state index is 1.08. The highest BCUT2D eigenvalue weighted by molar-refractivity contribution is 5.42. The average Bonchev–Trinajstić information content (AvgIpc) is 2.34. The van der Waals surface area contributed by atoms with Crippen LogP contribution in [0.1, 0.15) is 36.8 Å². The predicted molar refractivity (Wildman–Crippen MR) is 73.7 cm³/mol. The average molecular weight is 222 g/mol. The van der Waals surface area contributed by atoms with Gasteiger partial charge in [-0.25, -0.2) is 0 Å². The molecule has 1 aromatic rings. The van der Waals surface area contributed by atoms with Crippen LogP contribution in [-0.4, -0.2) is 0 Å². The smallest absolute Gasteiger partial charge is 0.0249 e. The van der Waals surface area contributed by atoms with Crippen molar-refractivity contribution in [2.24, 2.45) is 0 Å².